The van der Waals surface area contributed by atoms with Crippen LogP contribution in [0.4, 0.5) is 10.5 Å². The average molecular weight is 336 g/mol. The van der Waals surface area contributed by atoms with Crippen LogP contribution in [-0.2, 0) is 20.9 Å². The molecule has 0 aromatic heterocycles. The number of amides is 3. The van der Waals surface area contributed by atoms with E-state index in [0.717, 1.165) is 12.1 Å². The van der Waals surface area contributed by atoms with Gasteiger partial charge in [-0.15, -0.1) is 0 Å². The highest BCUT2D eigenvalue weighted by Crippen LogP contribution is 2.10. The number of ether oxygens (including phenoxy) is 1. The first-order valence-corrected chi connectivity index (χ1v) is 7.51. The molecule has 0 radical (unpaired) electrons. The SMILES string of the molecule is CN(C)CCN(C)C(=O)OCc1ccc(NC(=O)CNC=O)cc1. The van der Waals surface area contributed by atoms with Crippen molar-refractivity contribution in [2.45, 2.75) is 6.61 Å². The molecule has 1 aromatic carbocycles. The summed E-state index contributed by atoms with van der Waals surface area (Å²) >= 11 is 0. The highest BCUT2D eigenvalue weighted by molar-refractivity contribution is 5.93. The third-order valence-electron chi connectivity index (χ3n) is 3.14. The summed E-state index contributed by atoms with van der Waals surface area (Å²) in [6.07, 6.45) is 0.0845. The summed E-state index contributed by atoms with van der Waals surface area (Å²) < 4.78 is 5.23. The summed E-state index contributed by atoms with van der Waals surface area (Å²) in [6.45, 7) is 1.43. The Balaban J connectivity index is 2.40. The van der Waals surface area contributed by atoms with E-state index >= 15 is 0 Å². The number of nitrogens with one attached hydrogen (secondary N) is 2. The van der Waals surface area contributed by atoms with E-state index in [9.17, 15) is 14.4 Å². The zero-order valence-corrected chi connectivity index (χ0v) is 14.2. The van der Waals surface area contributed by atoms with Gasteiger partial charge in [0.05, 0.1) is 6.54 Å². The van der Waals surface area contributed by atoms with Gasteiger partial charge in [0.1, 0.15) is 6.61 Å². The molecule has 0 heterocycles. The van der Waals surface area contributed by atoms with Gasteiger partial charge in [0.15, 0.2) is 0 Å². The maximum absolute atomic E-state index is 11.8. The smallest absolute Gasteiger partial charge is 0.409 e. The highest BCUT2D eigenvalue weighted by Gasteiger charge is 2.10. The summed E-state index contributed by atoms with van der Waals surface area (Å²) in [7, 11) is 5.57. The van der Waals surface area contributed by atoms with Crippen LogP contribution in [0.1, 0.15) is 5.56 Å². The van der Waals surface area contributed by atoms with Crippen LogP contribution in [0.25, 0.3) is 0 Å². The zero-order chi connectivity index (χ0) is 17.9. The van der Waals surface area contributed by atoms with E-state index in [4.69, 9.17) is 4.74 Å². The molecule has 24 heavy (non-hydrogen) atoms. The minimum absolute atomic E-state index is 0.0812. The molecule has 0 unspecified atom stereocenters. The predicted octanol–water partition coefficient (Wildman–Crippen LogP) is 0.501. The van der Waals surface area contributed by atoms with Gasteiger partial charge in [-0.3, -0.25) is 9.59 Å². The minimum atomic E-state index is -0.380. The van der Waals surface area contributed by atoms with Gasteiger partial charge in [-0.25, -0.2) is 4.79 Å². The molecule has 8 heteroatoms. The average Bonchev–Trinajstić information content (AvgIpc) is 2.56. The van der Waals surface area contributed by atoms with Gasteiger partial charge in [0.25, 0.3) is 0 Å². The largest absolute Gasteiger partial charge is 0.445 e. The molecule has 0 saturated carbocycles. The van der Waals surface area contributed by atoms with E-state index in [1.54, 1.807) is 31.3 Å². The molecule has 8 nitrogen and oxygen atoms in total. The van der Waals surface area contributed by atoms with Crippen molar-refractivity contribution in [2.24, 2.45) is 0 Å². The zero-order valence-electron chi connectivity index (χ0n) is 14.2. The normalized spacial score (nSPS) is 10.2. The van der Waals surface area contributed by atoms with E-state index in [1.807, 2.05) is 19.0 Å². The Morgan fingerprint density at radius 1 is 1.12 bits per heavy atom. The Bertz CT molecular complexity index is 546. The molecule has 0 saturated heterocycles. The fraction of sp³-hybridized carbons (Fsp3) is 0.438. The lowest BCUT2D eigenvalue weighted by Crippen LogP contribution is -2.33. The van der Waals surface area contributed by atoms with E-state index < -0.39 is 0 Å². The number of benzene rings is 1. The molecule has 0 aliphatic carbocycles. The number of nitrogens with zero attached hydrogens (tertiary/aromatic N) is 2. The van der Waals surface area contributed by atoms with Crippen molar-refractivity contribution >= 4 is 24.1 Å². The summed E-state index contributed by atoms with van der Waals surface area (Å²) in [5.41, 5.74) is 1.42. The van der Waals surface area contributed by atoms with Crippen molar-refractivity contribution < 1.29 is 19.1 Å². The minimum Gasteiger partial charge on any atom is -0.445 e. The third-order valence-corrected chi connectivity index (χ3v) is 3.14. The fourth-order valence-electron chi connectivity index (χ4n) is 1.72. The van der Waals surface area contributed by atoms with Crippen LogP contribution < -0.4 is 10.6 Å². The Morgan fingerprint density at radius 3 is 2.38 bits per heavy atom. The maximum atomic E-state index is 11.8. The van der Waals surface area contributed by atoms with Crippen LogP contribution in [0.2, 0.25) is 0 Å². The molecular weight excluding hydrogens is 312 g/mol. The van der Waals surface area contributed by atoms with Gasteiger partial charge in [-0.2, -0.15) is 0 Å². The lowest BCUT2D eigenvalue weighted by molar-refractivity contribution is -0.118. The van der Waals surface area contributed by atoms with Crippen molar-refractivity contribution in [1.29, 1.82) is 0 Å². The fourth-order valence-corrected chi connectivity index (χ4v) is 1.72. The van der Waals surface area contributed by atoms with Crippen LogP contribution in [0.15, 0.2) is 24.3 Å². The molecule has 0 aliphatic rings. The molecule has 1 aromatic rings. The van der Waals surface area contributed by atoms with Crippen molar-refractivity contribution in [3.8, 4) is 0 Å². The molecule has 0 bridgehead atoms. The molecule has 0 spiro atoms. The van der Waals surface area contributed by atoms with Gasteiger partial charge in [0.2, 0.25) is 12.3 Å². The monoisotopic (exact) mass is 336 g/mol. The van der Waals surface area contributed by atoms with Crippen LogP contribution >= 0.6 is 0 Å². The van der Waals surface area contributed by atoms with Crippen molar-refractivity contribution in [2.75, 3.05) is 46.1 Å². The first-order chi connectivity index (χ1) is 11.4. The lowest BCUT2D eigenvalue weighted by atomic mass is 10.2. The molecular formula is C16H24N4O4. The summed E-state index contributed by atoms with van der Waals surface area (Å²) in [6, 6.07) is 6.93. The van der Waals surface area contributed by atoms with Gasteiger partial charge in [0, 0.05) is 25.8 Å². The predicted molar refractivity (Wildman–Crippen MR) is 90.5 cm³/mol. The first-order valence-electron chi connectivity index (χ1n) is 7.51. The molecule has 0 atom stereocenters. The van der Waals surface area contributed by atoms with E-state index in [2.05, 4.69) is 10.6 Å². The molecule has 1 rings (SSSR count). The first kappa shape index (κ1) is 19.4. The van der Waals surface area contributed by atoms with Gasteiger partial charge < -0.3 is 25.2 Å². The summed E-state index contributed by atoms with van der Waals surface area (Å²) in [5.74, 6) is -0.316. The molecule has 2 N–H and O–H groups in total. The van der Waals surface area contributed by atoms with E-state index in [1.165, 1.54) is 4.90 Å². The number of carbonyl (C=O) groups excluding carboxylic acids is 3. The van der Waals surface area contributed by atoms with Gasteiger partial charge in [-0.1, -0.05) is 12.1 Å². The Hall–Kier alpha value is -2.61. The number of rotatable bonds is 9. The molecule has 132 valence electrons. The number of carbonyl (C=O) groups is 3. The number of hydrogen-bond acceptors (Lipinski definition) is 5. The Labute approximate surface area is 141 Å². The Morgan fingerprint density at radius 2 is 1.79 bits per heavy atom. The third kappa shape index (κ3) is 7.59. The highest BCUT2D eigenvalue weighted by atomic mass is 16.6. The van der Waals surface area contributed by atoms with Gasteiger partial charge >= 0.3 is 6.09 Å². The Kier molecular flexibility index (Phi) is 8.28. The second-order valence-electron chi connectivity index (χ2n) is 5.52. The van der Waals surface area contributed by atoms with Crippen LogP contribution in [0.5, 0.6) is 0 Å². The number of likely N-dealkylation sites (N-methyl/N-ethyl adjacent to an activating group) is 2. The van der Waals surface area contributed by atoms with Crippen molar-refractivity contribution in [3.63, 3.8) is 0 Å². The quantitative estimate of drug-likeness (QED) is 0.641. The van der Waals surface area contributed by atoms with E-state index in [-0.39, 0.29) is 25.2 Å². The second kappa shape index (κ2) is 10.2. The molecule has 3 amide bonds. The van der Waals surface area contributed by atoms with Crippen molar-refractivity contribution in [1.82, 2.24) is 15.1 Å². The standard InChI is InChI=1S/C16H24N4O4/c1-19(2)8-9-20(3)16(23)24-11-13-4-6-14(7-5-13)18-15(22)10-17-12-21/h4-7,12H,8-11H2,1-3H3,(H,17,21)(H,18,22). The number of hydrogen-bond donors (Lipinski definition) is 2. The van der Waals surface area contributed by atoms with E-state index in [0.29, 0.717) is 18.6 Å². The van der Waals surface area contributed by atoms with Crippen LogP contribution in [-0.4, -0.2) is 69.0 Å². The summed E-state index contributed by atoms with van der Waals surface area (Å²) in [4.78, 5) is 36.9. The maximum Gasteiger partial charge on any atom is 0.409 e. The van der Waals surface area contributed by atoms with Crippen LogP contribution in [0, 0.1) is 0 Å². The second-order valence-corrected chi connectivity index (χ2v) is 5.52. The summed E-state index contributed by atoms with van der Waals surface area (Å²) in [5, 5.41) is 4.92. The molecule has 0 aliphatic heterocycles. The topological polar surface area (TPSA) is 91.0 Å². The molecule has 0 fully saturated rings. The van der Waals surface area contributed by atoms with Gasteiger partial charge in [-0.05, 0) is 31.8 Å². The lowest BCUT2D eigenvalue weighted by Gasteiger charge is -2.19. The number of anilines is 1. The van der Waals surface area contributed by atoms with Crippen LogP contribution in [0.3, 0.4) is 0 Å². The van der Waals surface area contributed by atoms with Crippen molar-refractivity contribution in [3.05, 3.63) is 29.8 Å².